The van der Waals surface area contributed by atoms with Crippen molar-refractivity contribution in [3.63, 3.8) is 0 Å². The van der Waals surface area contributed by atoms with Gasteiger partial charge in [0, 0.05) is 25.4 Å². The maximum atomic E-state index is 12.7. The average Bonchev–Trinajstić information content (AvgIpc) is 2.75. The molecule has 0 aromatic carbocycles. The molecule has 3 N–H and O–H groups in total. The summed E-state index contributed by atoms with van der Waals surface area (Å²) < 4.78 is 39.2. The summed E-state index contributed by atoms with van der Waals surface area (Å²) in [5, 5.41) is 5.79. The van der Waals surface area contributed by atoms with Crippen molar-refractivity contribution in [2.75, 3.05) is 0 Å². The standard InChI is InChI=1S/C12H19F3N4O/c1-4-7(2)9(16)11(20)17-5-8-6-19(3)18-10(8)12(13,14)15/h6-7,9H,4-5,16H2,1-3H3,(H,17,20). The van der Waals surface area contributed by atoms with Gasteiger partial charge in [0.15, 0.2) is 5.69 Å². The van der Waals surface area contributed by atoms with Crippen LogP contribution < -0.4 is 11.1 Å². The Balaban J connectivity index is 2.74. The molecule has 114 valence electrons. The molecule has 1 heterocycles. The molecular formula is C12H19F3N4O. The number of amides is 1. The molecule has 0 radical (unpaired) electrons. The third-order valence-corrected chi connectivity index (χ3v) is 3.19. The van der Waals surface area contributed by atoms with Crippen LogP contribution in [0.4, 0.5) is 13.2 Å². The third kappa shape index (κ3) is 3.96. The van der Waals surface area contributed by atoms with Crippen molar-refractivity contribution < 1.29 is 18.0 Å². The normalized spacial score (nSPS) is 14.9. The number of aryl methyl sites for hydroxylation is 1. The third-order valence-electron chi connectivity index (χ3n) is 3.19. The van der Waals surface area contributed by atoms with Crippen LogP contribution in [0, 0.1) is 5.92 Å². The zero-order valence-corrected chi connectivity index (χ0v) is 11.7. The molecule has 1 amide bonds. The maximum absolute atomic E-state index is 12.7. The Kier molecular flexibility index (Phi) is 5.15. The first-order valence-corrected chi connectivity index (χ1v) is 6.29. The van der Waals surface area contributed by atoms with Crippen LogP contribution in [0.1, 0.15) is 31.5 Å². The average molecular weight is 292 g/mol. The number of carbonyl (C=O) groups is 1. The molecule has 5 nitrogen and oxygen atoms in total. The van der Waals surface area contributed by atoms with Crippen LogP contribution in [0.3, 0.4) is 0 Å². The highest BCUT2D eigenvalue weighted by molar-refractivity contribution is 5.81. The van der Waals surface area contributed by atoms with Crippen molar-refractivity contribution in [1.82, 2.24) is 15.1 Å². The number of halogens is 3. The molecule has 2 atom stereocenters. The van der Waals surface area contributed by atoms with Gasteiger partial charge in [-0.2, -0.15) is 18.3 Å². The monoisotopic (exact) mass is 292 g/mol. The molecule has 0 aliphatic rings. The van der Waals surface area contributed by atoms with Gasteiger partial charge >= 0.3 is 6.18 Å². The van der Waals surface area contributed by atoms with Gasteiger partial charge in [-0.15, -0.1) is 0 Å². The number of nitrogens with one attached hydrogen (secondary N) is 1. The maximum Gasteiger partial charge on any atom is 0.435 e. The van der Waals surface area contributed by atoms with E-state index in [1.54, 1.807) is 0 Å². The highest BCUT2D eigenvalue weighted by Gasteiger charge is 2.37. The summed E-state index contributed by atoms with van der Waals surface area (Å²) in [5.74, 6) is -0.498. The Labute approximate surface area is 115 Å². The largest absolute Gasteiger partial charge is 0.435 e. The number of carbonyl (C=O) groups excluding carboxylic acids is 1. The molecule has 20 heavy (non-hydrogen) atoms. The summed E-state index contributed by atoms with van der Waals surface area (Å²) in [7, 11) is 1.39. The summed E-state index contributed by atoms with van der Waals surface area (Å²) in [5.41, 5.74) is 4.64. The number of nitrogens with two attached hydrogens (primary N) is 1. The van der Waals surface area contributed by atoms with Gasteiger partial charge in [-0.1, -0.05) is 20.3 Å². The summed E-state index contributed by atoms with van der Waals surface area (Å²) in [6, 6.07) is -0.731. The SMILES string of the molecule is CCC(C)C(N)C(=O)NCc1cn(C)nc1C(F)(F)F. The van der Waals surface area contributed by atoms with Gasteiger partial charge < -0.3 is 11.1 Å². The lowest BCUT2D eigenvalue weighted by Gasteiger charge is -2.17. The number of hydrogen-bond acceptors (Lipinski definition) is 3. The summed E-state index contributed by atoms with van der Waals surface area (Å²) >= 11 is 0. The predicted molar refractivity (Wildman–Crippen MR) is 67.5 cm³/mol. The van der Waals surface area contributed by atoms with Crippen LogP contribution in [0.15, 0.2) is 6.20 Å². The number of alkyl halides is 3. The molecule has 0 bridgehead atoms. The Morgan fingerprint density at radius 2 is 2.15 bits per heavy atom. The Morgan fingerprint density at radius 3 is 2.65 bits per heavy atom. The van der Waals surface area contributed by atoms with Crippen molar-refractivity contribution in [1.29, 1.82) is 0 Å². The van der Waals surface area contributed by atoms with Crippen LogP contribution >= 0.6 is 0 Å². The van der Waals surface area contributed by atoms with Gasteiger partial charge in [0.2, 0.25) is 5.91 Å². The van der Waals surface area contributed by atoms with E-state index in [2.05, 4.69) is 10.4 Å². The number of aromatic nitrogens is 2. The Morgan fingerprint density at radius 1 is 1.55 bits per heavy atom. The Hall–Kier alpha value is -1.57. The van der Waals surface area contributed by atoms with E-state index < -0.39 is 23.8 Å². The van der Waals surface area contributed by atoms with E-state index in [0.717, 1.165) is 11.1 Å². The molecule has 1 aromatic rings. The Bertz CT molecular complexity index is 470. The van der Waals surface area contributed by atoms with Crippen LogP contribution in [0.25, 0.3) is 0 Å². The molecule has 0 aliphatic carbocycles. The lowest BCUT2D eigenvalue weighted by molar-refractivity contribution is -0.142. The summed E-state index contributed by atoms with van der Waals surface area (Å²) in [6.07, 6.45) is -2.59. The van der Waals surface area contributed by atoms with Crippen molar-refractivity contribution in [3.05, 3.63) is 17.5 Å². The first kappa shape index (κ1) is 16.5. The van der Waals surface area contributed by atoms with Gasteiger partial charge in [-0.05, 0) is 5.92 Å². The summed E-state index contributed by atoms with van der Waals surface area (Å²) in [4.78, 5) is 11.7. The lowest BCUT2D eigenvalue weighted by Crippen LogP contribution is -2.44. The van der Waals surface area contributed by atoms with Gasteiger partial charge in [0.1, 0.15) is 0 Å². The second-order valence-electron chi connectivity index (χ2n) is 4.80. The minimum absolute atomic E-state index is 0.0361. The molecule has 0 spiro atoms. The van der Waals surface area contributed by atoms with Gasteiger partial charge in [-0.25, -0.2) is 0 Å². The van der Waals surface area contributed by atoms with Crippen molar-refractivity contribution in [2.24, 2.45) is 18.7 Å². The van der Waals surface area contributed by atoms with Crippen molar-refractivity contribution in [3.8, 4) is 0 Å². The number of nitrogens with zero attached hydrogens (tertiary/aromatic N) is 2. The molecule has 0 saturated carbocycles. The zero-order valence-electron chi connectivity index (χ0n) is 11.7. The van der Waals surface area contributed by atoms with Gasteiger partial charge in [0.05, 0.1) is 6.04 Å². The van der Waals surface area contributed by atoms with Crippen LogP contribution in [0.5, 0.6) is 0 Å². The zero-order chi connectivity index (χ0) is 15.5. The smallest absolute Gasteiger partial charge is 0.351 e. The highest BCUT2D eigenvalue weighted by atomic mass is 19.4. The van der Waals surface area contributed by atoms with E-state index in [4.69, 9.17) is 5.73 Å². The fraction of sp³-hybridized carbons (Fsp3) is 0.667. The minimum Gasteiger partial charge on any atom is -0.351 e. The lowest BCUT2D eigenvalue weighted by atomic mass is 9.99. The highest BCUT2D eigenvalue weighted by Crippen LogP contribution is 2.30. The molecule has 1 aromatic heterocycles. The van der Waals surface area contributed by atoms with E-state index in [9.17, 15) is 18.0 Å². The molecule has 0 saturated heterocycles. The first-order chi connectivity index (χ1) is 9.16. The number of hydrogen-bond donors (Lipinski definition) is 2. The van der Waals surface area contributed by atoms with Crippen molar-refractivity contribution in [2.45, 2.75) is 39.0 Å². The molecule has 0 fully saturated rings. The number of rotatable bonds is 5. The van der Waals surface area contributed by atoms with Crippen LogP contribution in [-0.4, -0.2) is 21.7 Å². The van der Waals surface area contributed by atoms with E-state index >= 15 is 0 Å². The molecule has 8 heteroatoms. The predicted octanol–water partition coefficient (Wildman–Crippen LogP) is 1.43. The fourth-order valence-corrected chi connectivity index (χ4v) is 1.72. The van der Waals surface area contributed by atoms with Gasteiger partial charge in [0.25, 0.3) is 0 Å². The first-order valence-electron chi connectivity index (χ1n) is 6.29. The van der Waals surface area contributed by atoms with E-state index in [-0.39, 0.29) is 18.0 Å². The fourth-order valence-electron chi connectivity index (χ4n) is 1.72. The second kappa shape index (κ2) is 6.25. The molecule has 2 unspecified atom stereocenters. The topological polar surface area (TPSA) is 72.9 Å². The molecular weight excluding hydrogens is 273 g/mol. The minimum atomic E-state index is -4.54. The van der Waals surface area contributed by atoms with Gasteiger partial charge in [-0.3, -0.25) is 9.48 Å². The molecule has 1 rings (SSSR count). The quantitative estimate of drug-likeness (QED) is 0.862. The van der Waals surface area contributed by atoms with E-state index in [1.165, 1.54) is 13.2 Å². The van der Waals surface area contributed by atoms with Crippen LogP contribution in [-0.2, 0) is 24.6 Å². The molecule has 0 aliphatic heterocycles. The van der Waals surface area contributed by atoms with Crippen LogP contribution in [0.2, 0.25) is 0 Å². The van der Waals surface area contributed by atoms with Crippen molar-refractivity contribution >= 4 is 5.91 Å². The van der Waals surface area contributed by atoms with E-state index in [0.29, 0.717) is 0 Å². The second-order valence-corrected chi connectivity index (χ2v) is 4.80. The summed E-state index contributed by atoms with van der Waals surface area (Å²) in [6.45, 7) is 3.46. The van der Waals surface area contributed by atoms with E-state index in [1.807, 2.05) is 13.8 Å².